The van der Waals surface area contributed by atoms with Gasteiger partial charge in [-0.1, -0.05) is 65.8 Å². The molecule has 1 aliphatic heterocycles. The average molecular weight is 360 g/mol. The van der Waals surface area contributed by atoms with E-state index in [0.717, 1.165) is 15.9 Å². The van der Waals surface area contributed by atoms with Gasteiger partial charge in [-0.3, -0.25) is 4.57 Å². The van der Waals surface area contributed by atoms with E-state index in [1.165, 1.54) is 22.5 Å². The molecular formula is C20H25O2PS. The van der Waals surface area contributed by atoms with E-state index >= 15 is 0 Å². The molecule has 0 amide bonds. The number of rotatable bonds is 1. The summed E-state index contributed by atoms with van der Waals surface area (Å²) < 4.78 is 19.5. The van der Waals surface area contributed by atoms with Gasteiger partial charge >= 0.3 is 6.57 Å². The molecule has 2 nitrogen and oxygen atoms in total. The Balaban J connectivity index is 2.16. The Morgan fingerprint density at radius 2 is 1.54 bits per heavy atom. The lowest BCUT2D eigenvalue weighted by atomic mass is 9.80. The number of hydrogen-bond donors (Lipinski definition) is 0. The van der Waals surface area contributed by atoms with E-state index in [0.29, 0.717) is 0 Å². The normalized spacial score (nSPS) is 20.6. The third-order valence-corrected chi connectivity index (χ3v) is 8.57. The van der Waals surface area contributed by atoms with Crippen LogP contribution < -0.4 is 9.83 Å². The van der Waals surface area contributed by atoms with Crippen molar-refractivity contribution in [1.29, 1.82) is 0 Å². The zero-order chi connectivity index (χ0) is 17.8. The van der Waals surface area contributed by atoms with Gasteiger partial charge in [-0.15, -0.1) is 0 Å². The molecular weight excluding hydrogens is 335 g/mol. The molecule has 0 bridgehead atoms. The second kappa shape index (κ2) is 5.68. The van der Waals surface area contributed by atoms with Crippen molar-refractivity contribution in [2.75, 3.05) is 0 Å². The summed E-state index contributed by atoms with van der Waals surface area (Å²) in [5.41, 5.74) is 2.41. The summed E-state index contributed by atoms with van der Waals surface area (Å²) in [7, 11) is 0. The predicted molar refractivity (Wildman–Crippen MR) is 104 cm³/mol. The molecule has 3 rings (SSSR count). The second-order valence-electron chi connectivity index (χ2n) is 8.37. The summed E-state index contributed by atoms with van der Waals surface area (Å²) >= 11 is 1.40. The highest BCUT2D eigenvalue weighted by atomic mass is 32.7. The molecule has 0 spiro atoms. The Morgan fingerprint density at radius 1 is 0.917 bits per heavy atom. The molecule has 0 N–H and O–H groups in total. The van der Waals surface area contributed by atoms with Crippen LogP contribution in [0.3, 0.4) is 0 Å². The minimum atomic E-state index is -2.96. The maximum Gasteiger partial charge on any atom is 0.337 e. The van der Waals surface area contributed by atoms with E-state index in [-0.39, 0.29) is 10.8 Å². The van der Waals surface area contributed by atoms with Crippen LogP contribution in [0.4, 0.5) is 0 Å². The van der Waals surface area contributed by atoms with Gasteiger partial charge in [0.05, 0.1) is 10.2 Å². The van der Waals surface area contributed by atoms with Crippen LogP contribution in [0.5, 0.6) is 5.75 Å². The van der Waals surface area contributed by atoms with Crippen LogP contribution in [-0.4, -0.2) is 0 Å². The van der Waals surface area contributed by atoms with E-state index in [2.05, 4.69) is 53.7 Å². The summed E-state index contributed by atoms with van der Waals surface area (Å²) in [5, 5.41) is 0.767. The van der Waals surface area contributed by atoms with Crippen LogP contribution in [0.25, 0.3) is 0 Å². The van der Waals surface area contributed by atoms with Crippen LogP contribution in [0, 0.1) is 0 Å². The predicted octanol–water partition coefficient (Wildman–Crippen LogP) is 6.28. The van der Waals surface area contributed by atoms with Crippen molar-refractivity contribution in [1.82, 2.24) is 0 Å². The fraction of sp³-hybridized carbons (Fsp3) is 0.400. The molecule has 1 unspecified atom stereocenters. The van der Waals surface area contributed by atoms with Gasteiger partial charge in [-0.05, 0) is 51.5 Å². The monoisotopic (exact) mass is 360 g/mol. The highest BCUT2D eigenvalue weighted by molar-refractivity contribution is 8.59. The fourth-order valence-corrected chi connectivity index (χ4v) is 7.20. The third kappa shape index (κ3) is 3.17. The molecule has 0 saturated carbocycles. The van der Waals surface area contributed by atoms with Gasteiger partial charge in [-0.25, -0.2) is 0 Å². The van der Waals surface area contributed by atoms with Crippen LogP contribution in [0.2, 0.25) is 0 Å². The largest absolute Gasteiger partial charge is 0.432 e. The molecule has 4 heteroatoms. The summed E-state index contributed by atoms with van der Waals surface area (Å²) in [6.07, 6.45) is 0. The van der Waals surface area contributed by atoms with Gasteiger partial charge in [-0.2, -0.15) is 0 Å². The molecule has 0 aromatic heterocycles. The van der Waals surface area contributed by atoms with Crippen molar-refractivity contribution in [3.63, 3.8) is 0 Å². The Labute approximate surface area is 149 Å². The van der Waals surface area contributed by atoms with Crippen molar-refractivity contribution >= 4 is 23.3 Å². The van der Waals surface area contributed by atoms with E-state index in [1.54, 1.807) is 0 Å². The number of hydrogen-bond acceptors (Lipinski definition) is 3. The molecule has 24 heavy (non-hydrogen) atoms. The SMILES string of the molecule is CC(C)(C)c1cc2c(c(C(C)(C)C)c1)SP(=O)(c1ccccc1)O2. The Morgan fingerprint density at radius 3 is 2.08 bits per heavy atom. The molecule has 2 aromatic carbocycles. The lowest BCUT2D eigenvalue weighted by Gasteiger charge is -2.26. The first kappa shape index (κ1) is 17.6. The number of benzene rings is 2. The summed E-state index contributed by atoms with van der Waals surface area (Å²) in [5.74, 6) is 0.768. The first-order valence-corrected chi connectivity index (χ1v) is 11.3. The van der Waals surface area contributed by atoms with Gasteiger partial charge in [0.2, 0.25) is 0 Å². The molecule has 0 aliphatic carbocycles. The van der Waals surface area contributed by atoms with Crippen molar-refractivity contribution in [2.24, 2.45) is 0 Å². The Kier molecular flexibility index (Phi) is 4.17. The third-order valence-electron chi connectivity index (χ3n) is 4.23. The van der Waals surface area contributed by atoms with Gasteiger partial charge in [0, 0.05) is 0 Å². The maximum absolute atomic E-state index is 13.5. The van der Waals surface area contributed by atoms with E-state index in [1.807, 2.05) is 30.3 Å². The summed E-state index contributed by atoms with van der Waals surface area (Å²) in [6, 6.07) is 13.9. The molecule has 2 aromatic rings. The highest BCUT2D eigenvalue weighted by Crippen LogP contribution is 2.70. The minimum absolute atomic E-state index is 0.0163. The van der Waals surface area contributed by atoms with Gasteiger partial charge < -0.3 is 4.52 Å². The van der Waals surface area contributed by atoms with Crippen LogP contribution in [0.15, 0.2) is 47.4 Å². The van der Waals surface area contributed by atoms with E-state index < -0.39 is 6.57 Å². The first-order valence-electron chi connectivity index (χ1n) is 8.24. The second-order valence-corrected chi connectivity index (χ2v) is 12.6. The maximum atomic E-state index is 13.5. The topological polar surface area (TPSA) is 26.3 Å². The zero-order valence-corrected chi connectivity index (χ0v) is 16.9. The van der Waals surface area contributed by atoms with Crippen LogP contribution in [0.1, 0.15) is 52.7 Å². The molecule has 0 saturated heterocycles. The molecule has 1 aliphatic rings. The molecule has 0 fully saturated rings. The molecule has 1 atom stereocenters. The van der Waals surface area contributed by atoms with Crippen molar-refractivity contribution in [3.8, 4) is 5.75 Å². The molecule has 1 heterocycles. The molecule has 0 radical (unpaired) electrons. The van der Waals surface area contributed by atoms with Crippen LogP contribution >= 0.6 is 18.0 Å². The lowest BCUT2D eigenvalue weighted by molar-refractivity contribution is 0.499. The zero-order valence-electron chi connectivity index (χ0n) is 15.2. The van der Waals surface area contributed by atoms with Crippen LogP contribution in [-0.2, 0) is 15.4 Å². The minimum Gasteiger partial charge on any atom is -0.432 e. The van der Waals surface area contributed by atoms with Gasteiger partial charge in [0.15, 0.2) is 0 Å². The Hall–Kier alpha value is -1.18. The molecule has 128 valence electrons. The quantitative estimate of drug-likeness (QED) is 0.559. The van der Waals surface area contributed by atoms with Gasteiger partial charge in [0.1, 0.15) is 5.75 Å². The van der Waals surface area contributed by atoms with Crippen molar-refractivity contribution in [3.05, 3.63) is 53.6 Å². The first-order chi connectivity index (χ1) is 11.0. The highest BCUT2D eigenvalue weighted by Gasteiger charge is 2.41. The van der Waals surface area contributed by atoms with E-state index in [4.69, 9.17) is 4.52 Å². The summed E-state index contributed by atoms with van der Waals surface area (Å²) in [6.45, 7) is 10.2. The smallest absolute Gasteiger partial charge is 0.337 e. The number of fused-ring (bicyclic) bond motifs is 1. The Bertz CT molecular complexity index is 814. The average Bonchev–Trinajstić information content (AvgIpc) is 2.82. The summed E-state index contributed by atoms with van der Waals surface area (Å²) in [4.78, 5) is 1.03. The van der Waals surface area contributed by atoms with Gasteiger partial charge in [0.25, 0.3) is 0 Å². The standard InChI is InChI=1S/C20H25O2PS/c1-19(2,3)14-12-16(20(4,5)6)18-17(13-14)22-23(21,24-18)15-10-8-7-9-11-15/h7-13H,1-6H3. The van der Waals surface area contributed by atoms with E-state index in [9.17, 15) is 4.57 Å². The lowest BCUT2D eigenvalue weighted by Crippen LogP contribution is -2.17. The van der Waals surface area contributed by atoms with Crippen molar-refractivity contribution < 1.29 is 9.09 Å². The fourth-order valence-electron chi connectivity index (χ4n) is 2.74. The van der Waals surface area contributed by atoms with Crippen molar-refractivity contribution in [2.45, 2.75) is 57.3 Å².